The van der Waals surface area contributed by atoms with Crippen LogP contribution in [0.1, 0.15) is 5.56 Å². The molecule has 1 heterocycles. The second kappa shape index (κ2) is 5.60. The molecule has 1 unspecified atom stereocenters. The normalized spacial score (nSPS) is 16.2. The number of halogens is 2. The molecule has 0 saturated carbocycles. The van der Waals surface area contributed by atoms with Crippen molar-refractivity contribution < 1.29 is 18.3 Å². The van der Waals surface area contributed by atoms with Crippen molar-refractivity contribution in [3.63, 3.8) is 0 Å². The largest absolute Gasteiger partial charge is 0.494 e. The standard InChI is InChI=1S/C16H15F2NO2/c1-20-16-8-12(18)2-4-14(16)19-9-13-7-10-6-11(17)3-5-15(10)21-13/h2-6,8,13,19H,7,9H2,1H3. The Bertz CT molecular complexity index is 661. The van der Waals surface area contributed by atoms with Crippen molar-refractivity contribution in [1.82, 2.24) is 0 Å². The number of anilines is 1. The third-order valence-corrected chi connectivity index (χ3v) is 3.45. The zero-order valence-corrected chi connectivity index (χ0v) is 11.5. The molecule has 0 fully saturated rings. The molecule has 1 aliphatic rings. The Kier molecular flexibility index (Phi) is 3.64. The summed E-state index contributed by atoms with van der Waals surface area (Å²) in [6.07, 6.45) is 0.556. The highest BCUT2D eigenvalue weighted by Gasteiger charge is 2.23. The summed E-state index contributed by atoms with van der Waals surface area (Å²) in [6.45, 7) is 0.526. The Balaban J connectivity index is 1.65. The van der Waals surface area contributed by atoms with Gasteiger partial charge in [0.05, 0.1) is 19.3 Å². The molecular formula is C16H15F2NO2. The van der Waals surface area contributed by atoms with Gasteiger partial charge >= 0.3 is 0 Å². The predicted molar refractivity (Wildman–Crippen MR) is 76.0 cm³/mol. The van der Waals surface area contributed by atoms with Crippen molar-refractivity contribution in [2.45, 2.75) is 12.5 Å². The van der Waals surface area contributed by atoms with Crippen molar-refractivity contribution in [3.05, 3.63) is 53.6 Å². The van der Waals surface area contributed by atoms with Crippen LogP contribution in [0.5, 0.6) is 11.5 Å². The van der Waals surface area contributed by atoms with E-state index in [1.165, 1.54) is 31.4 Å². The summed E-state index contributed by atoms with van der Waals surface area (Å²) in [6, 6.07) is 8.83. The van der Waals surface area contributed by atoms with E-state index in [4.69, 9.17) is 9.47 Å². The first kappa shape index (κ1) is 13.7. The third kappa shape index (κ3) is 2.91. The second-order valence-electron chi connectivity index (χ2n) is 4.92. The molecule has 2 aromatic carbocycles. The van der Waals surface area contributed by atoms with Gasteiger partial charge in [0.1, 0.15) is 29.2 Å². The van der Waals surface area contributed by atoms with E-state index in [2.05, 4.69) is 5.32 Å². The van der Waals surface area contributed by atoms with Gasteiger partial charge < -0.3 is 14.8 Å². The minimum absolute atomic E-state index is 0.0865. The lowest BCUT2D eigenvalue weighted by Crippen LogP contribution is -2.24. The highest BCUT2D eigenvalue weighted by Crippen LogP contribution is 2.30. The zero-order chi connectivity index (χ0) is 14.8. The Hall–Kier alpha value is -2.30. The Labute approximate surface area is 121 Å². The van der Waals surface area contributed by atoms with Crippen LogP contribution in [0.4, 0.5) is 14.5 Å². The van der Waals surface area contributed by atoms with Gasteiger partial charge in [-0.25, -0.2) is 8.78 Å². The van der Waals surface area contributed by atoms with Gasteiger partial charge in [0.15, 0.2) is 0 Å². The van der Waals surface area contributed by atoms with Gasteiger partial charge in [0.2, 0.25) is 0 Å². The SMILES string of the molecule is COc1cc(F)ccc1NCC1Cc2cc(F)ccc2O1. The average molecular weight is 291 g/mol. The fourth-order valence-corrected chi connectivity index (χ4v) is 2.44. The quantitative estimate of drug-likeness (QED) is 0.936. The molecule has 3 rings (SSSR count). The number of methoxy groups -OCH3 is 1. The van der Waals surface area contributed by atoms with Crippen LogP contribution in [-0.2, 0) is 6.42 Å². The number of nitrogens with one attached hydrogen (secondary N) is 1. The molecule has 0 spiro atoms. The first-order chi connectivity index (χ1) is 10.2. The van der Waals surface area contributed by atoms with Crippen LogP contribution in [0.2, 0.25) is 0 Å². The molecular weight excluding hydrogens is 276 g/mol. The predicted octanol–water partition coefficient (Wildman–Crippen LogP) is 3.39. The summed E-state index contributed by atoms with van der Waals surface area (Å²) in [5.41, 5.74) is 1.57. The van der Waals surface area contributed by atoms with Crippen molar-refractivity contribution in [2.24, 2.45) is 0 Å². The summed E-state index contributed by atoms with van der Waals surface area (Å²) in [4.78, 5) is 0. The van der Waals surface area contributed by atoms with E-state index in [-0.39, 0.29) is 17.7 Å². The molecule has 1 N–H and O–H groups in total. The molecule has 0 aliphatic carbocycles. The average Bonchev–Trinajstić information content (AvgIpc) is 2.87. The number of rotatable bonds is 4. The number of ether oxygens (including phenoxy) is 2. The summed E-state index contributed by atoms with van der Waals surface area (Å²) in [5.74, 6) is 0.550. The molecule has 0 saturated heterocycles. The van der Waals surface area contributed by atoms with Crippen molar-refractivity contribution >= 4 is 5.69 Å². The molecule has 1 atom stereocenters. The Morgan fingerprint density at radius 1 is 1.19 bits per heavy atom. The van der Waals surface area contributed by atoms with Gasteiger partial charge in [-0.2, -0.15) is 0 Å². The molecule has 2 aromatic rings. The summed E-state index contributed by atoms with van der Waals surface area (Å²) in [7, 11) is 1.49. The van der Waals surface area contributed by atoms with Crippen molar-refractivity contribution in [2.75, 3.05) is 19.0 Å². The monoisotopic (exact) mass is 291 g/mol. The van der Waals surface area contributed by atoms with Crippen LogP contribution >= 0.6 is 0 Å². The molecule has 3 nitrogen and oxygen atoms in total. The van der Waals surface area contributed by atoms with Crippen LogP contribution in [0.25, 0.3) is 0 Å². The lowest BCUT2D eigenvalue weighted by molar-refractivity contribution is 0.246. The first-order valence-corrected chi connectivity index (χ1v) is 6.68. The van der Waals surface area contributed by atoms with E-state index in [1.807, 2.05) is 0 Å². The molecule has 0 bridgehead atoms. The fourth-order valence-electron chi connectivity index (χ4n) is 2.44. The van der Waals surface area contributed by atoms with Crippen LogP contribution in [0.15, 0.2) is 36.4 Å². The maximum atomic E-state index is 13.2. The third-order valence-electron chi connectivity index (χ3n) is 3.45. The molecule has 5 heteroatoms. The topological polar surface area (TPSA) is 30.5 Å². The Morgan fingerprint density at radius 2 is 1.95 bits per heavy atom. The van der Waals surface area contributed by atoms with E-state index in [1.54, 1.807) is 12.1 Å². The van der Waals surface area contributed by atoms with Crippen molar-refractivity contribution in [1.29, 1.82) is 0 Å². The number of hydrogen-bond acceptors (Lipinski definition) is 3. The van der Waals surface area contributed by atoms with Gasteiger partial charge in [-0.05, 0) is 30.3 Å². The summed E-state index contributed by atoms with van der Waals surface area (Å²) < 4.78 is 37.1. The van der Waals surface area contributed by atoms with Gasteiger partial charge in [0.25, 0.3) is 0 Å². The molecule has 21 heavy (non-hydrogen) atoms. The van der Waals surface area contributed by atoms with E-state index in [0.717, 1.165) is 5.56 Å². The number of fused-ring (bicyclic) bond motifs is 1. The van der Waals surface area contributed by atoms with Gasteiger partial charge in [-0.15, -0.1) is 0 Å². The highest BCUT2D eigenvalue weighted by molar-refractivity contribution is 5.56. The Morgan fingerprint density at radius 3 is 2.76 bits per heavy atom. The molecule has 0 aromatic heterocycles. The maximum Gasteiger partial charge on any atom is 0.144 e. The lowest BCUT2D eigenvalue weighted by Gasteiger charge is -2.15. The van der Waals surface area contributed by atoms with E-state index in [0.29, 0.717) is 30.2 Å². The zero-order valence-electron chi connectivity index (χ0n) is 11.5. The lowest BCUT2D eigenvalue weighted by atomic mass is 10.1. The first-order valence-electron chi connectivity index (χ1n) is 6.68. The van der Waals surface area contributed by atoms with E-state index in [9.17, 15) is 8.78 Å². The molecule has 1 aliphatic heterocycles. The molecule has 0 amide bonds. The minimum Gasteiger partial charge on any atom is -0.494 e. The van der Waals surface area contributed by atoms with Gasteiger partial charge in [-0.3, -0.25) is 0 Å². The van der Waals surface area contributed by atoms with E-state index >= 15 is 0 Å². The van der Waals surface area contributed by atoms with Gasteiger partial charge in [-0.1, -0.05) is 0 Å². The van der Waals surface area contributed by atoms with Crippen LogP contribution in [0, 0.1) is 11.6 Å². The smallest absolute Gasteiger partial charge is 0.144 e. The minimum atomic E-state index is -0.350. The number of benzene rings is 2. The highest BCUT2D eigenvalue weighted by atomic mass is 19.1. The van der Waals surface area contributed by atoms with Crippen LogP contribution in [0.3, 0.4) is 0 Å². The van der Waals surface area contributed by atoms with Crippen molar-refractivity contribution in [3.8, 4) is 11.5 Å². The fraction of sp³-hybridized carbons (Fsp3) is 0.250. The van der Waals surface area contributed by atoms with Gasteiger partial charge in [0, 0.05) is 18.1 Å². The second-order valence-corrected chi connectivity index (χ2v) is 4.92. The van der Waals surface area contributed by atoms with Crippen LogP contribution < -0.4 is 14.8 Å². The van der Waals surface area contributed by atoms with Crippen LogP contribution in [-0.4, -0.2) is 19.8 Å². The maximum absolute atomic E-state index is 13.2. The number of hydrogen-bond donors (Lipinski definition) is 1. The van der Waals surface area contributed by atoms with E-state index < -0.39 is 0 Å². The molecule has 110 valence electrons. The molecule has 0 radical (unpaired) electrons. The summed E-state index contributed by atoms with van der Waals surface area (Å²) >= 11 is 0. The summed E-state index contributed by atoms with van der Waals surface area (Å²) in [5, 5.41) is 3.17.